The zero-order chi connectivity index (χ0) is 7.84. The summed E-state index contributed by atoms with van der Waals surface area (Å²) >= 11 is 5.71. The monoisotopic (exact) mass is 171 g/mol. The van der Waals surface area contributed by atoms with E-state index >= 15 is 0 Å². The number of carbonyl (C=O) groups is 1. The van der Waals surface area contributed by atoms with Crippen molar-refractivity contribution in [1.82, 2.24) is 15.5 Å². The first-order valence-electron chi connectivity index (χ1n) is 3.25. The van der Waals surface area contributed by atoms with Crippen molar-refractivity contribution in [2.75, 3.05) is 6.54 Å². The fraction of sp³-hybridized carbons (Fsp3) is 0.333. The van der Waals surface area contributed by atoms with Crippen molar-refractivity contribution < 1.29 is 4.79 Å². The third-order valence-electron chi connectivity index (χ3n) is 1.79. The molecule has 1 aliphatic heterocycles. The highest BCUT2D eigenvalue weighted by Crippen LogP contribution is 2.25. The summed E-state index contributed by atoms with van der Waals surface area (Å²) < 4.78 is 0. The number of H-pyrrole nitrogens is 1. The topological polar surface area (TPSA) is 57.8 Å². The van der Waals surface area contributed by atoms with E-state index in [2.05, 4.69) is 15.5 Å². The molecule has 4 nitrogen and oxygen atoms in total. The SMILES string of the molecule is O=C1NCC1c1cn[nH]c1Cl. The molecule has 0 saturated carbocycles. The molecule has 0 aliphatic carbocycles. The summed E-state index contributed by atoms with van der Waals surface area (Å²) in [6.07, 6.45) is 1.59. The number of nitrogens with zero attached hydrogens (tertiary/aromatic N) is 1. The molecule has 1 unspecified atom stereocenters. The molecule has 1 atom stereocenters. The molecule has 1 saturated heterocycles. The largest absolute Gasteiger partial charge is 0.354 e. The number of hydrogen-bond acceptors (Lipinski definition) is 2. The fourth-order valence-corrected chi connectivity index (χ4v) is 1.29. The summed E-state index contributed by atoms with van der Waals surface area (Å²) in [5.74, 6) is -0.0745. The normalized spacial score (nSPS) is 22.6. The molecule has 1 aromatic rings. The molecule has 58 valence electrons. The van der Waals surface area contributed by atoms with E-state index < -0.39 is 0 Å². The average Bonchev–Trinajstić information content (AvgIpc) is 2.34. The van der Waals surface area contributed by atoms with Crippen molar-refractivity contribution >= 4 is 17.5 Å². The van der Waals surface area contributed by atoms with Gasteiger partial charge in [-0.3, -0.25) is 9.89 Å². The Hall–Kier alpha value is -1.03. The van der Waals surface area contributed by atoms with E-state index in [1.165, 1.54) is 0 Å². The Balaban J connectivity index is 2.29. The van der Waals surface area contributed by atoms with Gasteiger partial charge in [0.15, 0.2) is 0 Å². The molecule has 0 radical (unpaired) electrons. The highest BCUT2D eigenvalue weighted by Gasteiger charge is 2.31. The van der Waals surface area contributed by atoms with Gasteiger partial charge in [-0.2, -0.15) is 5.10 Å². The summed E-state index contributed by atoms with van der Waals surface area (Å²) in [7, 11) is 0. The van der Waals surface area contributed by atoms with Crippen LogP contribution in [-0.4, -0.2) is 22.6 Å². The fourth-order valence-electron chi connectivity index (χ4n) is 1.06. The van der Waals surface area contributed by atoms with E-state index in [1.807, 2.05) is 0 Å². The lowest BCUT2D eigenvalue weighted by Gasteiger charge is -2.24. The smallest absolute Gasteiger partial charge is 0.229 e. The van der Waals surface area contributed by atoms with Crippen LogP contribution in [0.1, 0.15) is 11.5 Å². The quantitative estimate of drug-likeness (QED) is 0.597. The molecule has 1 aromatic heterocycles. The molecule has 11 heavy (non-hydrogen) atoms. The van der Waals surface area contributed by atoms with Crippen LogP contribution < -0.4 is 5.32 Å². The number of halogens is 1. The van der Waals surface area contributed by atoms with Crippen LogP contribution in [0.3, 0.4) is 0 Å². The highest BCUT2D eigenvalue weighted by molar-refractivity contribution is 6.30. The zero-order valence-corrected chi connectivity index (χ0v) is 6.35. The molecule has 1 aliphatic rings. The van der Waals surface area contributed by atoms with E-state index in [0.717, 1.165) is 5.56 Å². The second-order valence-electron chi connectivity index (χ2n) is 2.44. The maximum Gasteiger partial charge on any atom is 0.229 e. The maximum absolute atomic E-state index is 10.9. The summed E-state index contributed by atoms with van der Waals surface area (Å²) in [6.45, 7) is 0.665. The van der Waals surface area contributed by atoms with Crippen LogP contribution in [0, 0.1) is 0 Å². The van der Waals surface area contributed by atoms with E-state index in [1.54, 1.807) is 6.20 Å². The van der Waals surface area contributed by atoms with Crippen molar-refractivity contribution in [3.8, 4) is 0 Å². The van der Waals surface area contributed by atoms with Crippen LogP contribution in [0.25, 0.3) is 0 Å². The Morgan fingerprint density at radius 2 is 2.55 bits per heavy atom. The van der Waals surface area contributed by atoms with Crippen LogP contribution in [0.4, 0.5) is 0 Å². The Morgan fingerprint density at radius 3 is 2.91 bits per heavy atom. The Bertz CT molecular complexity index is 296. The van der Waals surface area contributed by atoms with Gasteiger partial charge < -0.3 is 5.32 Å². The van der Waals surface area contributed by atoms with Crippen molar-refractivity contribution in [3.63, 3.8) is 0 Å². The summed E-state index contributed by atoms with van der Waals surface area (Å²) in [5, 5.41) is 9.39. The first-order valence-corrected chi connectivity index (χ1v) is 3.63. The molecule has 0 aromatic carbocycles. The lowest BCUT2D eigenvalue weighted by molar-refractivity contribution is -0.127. The molecule has 2 heterocycles. The molecular weight excluding hydrogens is 166 g/mol. The summed E-state index contributed by atoms with van der Waals surface area (Å²) in [6, 6.07) is 0. The first-order chi connectivity index (χ1) is 5.29. The van der Waals surface area contributed by atoms with Crippen LogP contribution in [0.2, 0.25) is 5.15 Å². The van der Waals surface area contributed by atoms with Gasteiger partial charge >= 0.3 is 0 Å². The van der Waals surface area contributed by atoms with E-state index in [-0.39, 0.29) is 11.8 Å². The molecule has 2 rings (SSSR count). The summed E-state index contributed by atoms with van der Waals surface area (Å²) in [5.41, 5.74) is 0.787. The van der Waals surface area contributed by atoms with Crippen molar-refractivity contribution in [2.24, 2.45) is 0 Å². The number of amides is 1. The van der Waals surface area contributed by atoms with Crippen LogP contribution in [0.15, 0.2) is 6.20 Å². The van der Waals surface area contributed by atoms with E-state index in [9.17, 15) is 4.79 Å². The summed E-state index contributed by atoms with van der Waals surface area (Å²) in [4.78, 5) is 10.9. The standard InChI is InChI=1S/C6H6ClN3O/c7-5-3(2-9-10-5)4-1-8-6(4)11/h2,4H,1H2,(H,8,11)(H,9,10). The van der Waals surface area contributed by atoms with Crippen LogP contribution in [-0.2, 0) is 4.79 Å². The van der Waals surface area contributed by atoms with E-state index in [0.29, 0.717) is 11.7 Å². The van der Waals surface area contributed by atoms with Gasteiger partial charge in [-0.1, -0.05) is 11.6 Å². The number of hydrogen-bond donors (Lipinski definition) is 2. The van der Waals surface area contributed by atoms with Gasteiger partial charge in [0.2, 0.25) is 5.91 Å². The molecule has 1 fully saturated rings. The van der Waals surface area contributed by atoms with Crippen molar-refractivity contribution in [1.29, 1.82) is 0 Å². The van der Waals surface area contributed by atoms with Crippen molar-refractivity contribution in [2.45, 2.75) is 5.92 Å². The number of nitrogens with one attached hydrogen (secondary N) is 2. The van der Waals surface area contributed by atoms with Crippen LogP contribution >= 0.6 is 11.6 Å². The molecule has 0 bridgehead atoms. The van der Waals surface area contributed by atoms with Gasteiger partial charge in [-0.15, -0.1) is 0 Å². The second-order valence-corrected chi connectivity index (χ2v) is 2.82. The predicted octanol–water partition coefficient (Wildman–Crippen LogP) is 0.276. The Morgan fingerprint density at radius 1 is 1.73 bits per heavy atom. The van der Waals surface area contributed by atoms with Gasteiger partial charge in [0.05, 0.1) is 12.1 Å². The maximum atomic E-state index is 10.9. The lowest BCUT2D eigenvalue weighted by Crippen LogP contribution is -2.46. The third-order valence-corrected chi connectivity index (χ3v) is 2.09. The molecule has 5 heteroatoms. The predicted molar refractivity (Wildman–Crippen MR) is 39.3 cm³/mol. The average molecular weight is 172 g/mol. The van der Waals surface area contributed by atoms with Crippen molar-refractivity contribution in [3.05, 3.63) is 16.9 Å². The highest BCUT2D eigenvalue weighted by atomic mass is 35.5. The number of rotatable bonds is 1. The first kappa shape index (κ1) is 6.67. The minimum absolute atomic E-state index is 0.0216. The number of aromatic amines is 1. The number of aromatic nitrogens is 2. The lowest BCUT2D eigenvalue weighted by atomic mass is 9.96. The van der Waals surface area contributed by atoms with Gasteiger partial charge in [-0.05, 0) is 0 Å². The second kappa shape index (κ2) is 2.23. The van der Waals surface area contributed by atoms with Gasteiger partial charge in [0.1, 0.15) is 5.15 Å². The van der Waals surface area contributed by atoms with Gasteiger partial charge in [0.25, 0.3) is 0 Å². The van der Waals surface area contributed by atoms with Crippen LogP contribution in [0.5, 0.6) is 0 Å². The molecule has 2 N–H and O–H groups in total. The number of carbonyl (C=O) groups excluding carboxylic acids is 1. The molecular formula is C6H6ClN3O. The zero-order valence-electron chi connectivity index (χ0n) is 5.60. The Kier molecular flexibility index (Phi) is 1.35. The minimum Gasteiger partial charge on any atom is -0.354 e. The number of β-lactam (4-membered cyclic amide) rings is 1. The molecule has 1 amide bonds. The van der Waals surface area contributed by atoms with Gasteiger partial charge in [0, 0.05) is 12.1 Å². The minimum atomic E-state index is -0.0961. The van der Waals surface area contributed by atoms with E-state index in [4.69, 9.17) is 11.6 Å². The molecule has 0 spiro atoms. The Labute approximate surface area is 67.9 Å². The van der Waals surface area contributed by atoms with Gasteiger partial charge in [-0.25, -0.2) is 0 Å². The third kappa shape index (κ3) is 0.903.